The van der Waals surface area contributed by atoms with E-state index in [1.54, 1.807) is 30.1 Å². The molecule has 8 heteroatoms. The fraction of sp³-hybridized carbons (Fsp3) is 0.300. The zero-order valence-corrected chi connectivity index (χ0v) is 16.4. The molecule has 1 aromatic carbocycles. The van der Waals surface area contributed by atoms with Crippen molar-refractivity contribution in [1.29, 1.82) is 0 Å². The lowest BCUT2D eigenvalue weighted by Gasteiger charge is -2.26. The van der Waals surface area contributed by atoms with Crippen LogP contribution in [-0.2, 0) is 27.7 Å². The van der Waals surface area contributed by atoms with Gasteiger partial charge in [-0.25, -0.2) is 18.1 Å². The van der Waals surface area contributed by atoms with Gasteiger partial charge in [-0.05, 0) is 48.7 Å². The molecule has 4 rings (SSSR count). The lowest BCUT2D eigenvalue weighted by Crippen LogP contribution is -2.31. The number of fused-ring (bicyclic) bond motifs is 2. The van der Waals surface area contributed by atoms with Crippen molar-refractivity contribution in [2.24, 2.45) is 0 Å². The number of aryl methyl sites for hydroxylation is 2. The fourth-order valence-electron chi connectivity index (χ4n) is 3.52. The van der Waals surface area contributed by atoms with Crippen LogP contribution in [0.25, 0.3) is 5.52 Å². The molecule has 1 amide bonds. The number of pyridine rings is 1. The van der Waals surface area contributed by atoms with Crippen LogP contribution in [0.15, 0.2) is 53.7 Å². The van der Waals surface area contributed by atoms with Crippen molar-refractivity contribution >= 4 is 27.1 Å². The van der Waals surface area contributed by atoms with Gasteiger partial charge in [-0.1, -0.05) is 6.07 Å². The van der Waals surface area contributed by atoms with E-state index >= 15 is 0 Å². The molecule has 1 aliphatic heterocycles. The summed E-state index contributed by atoms with van der Waals surface area (Å²) >= 11 is 0. The van der Waals surface area contributed by atoms with Gasteiger partial charge in [0, 0.05) is 38.3 Å². The molecule has 3 heterocycles. The Kier molecular flexibility index (Phi) is 4.91. The molecule has 1 aliphatic rings. The van der Waals surface area contributed by atoms with Crippen LogP contribution in [0.3, 0.4) is 0 Å². The number of carbonyl (C=O) groups is 1. The lowest BCUT2D eigenvalue weighted by molar-refractivity contribution is -0.118. The summed E-state index contributed by atoms with van der Waals surface area (Å²) in [6.07, 6.45) is 6.06. The van der Waals surface area contributed by atoms with E-state index in [9.17, 15) is 13.2 Å². The first-order chi connectivity index (χ1) is 13.5. The van der Waals surface area contributed by atoms with E-state index in [-0.39, 0.29) is 10.8 Å². The summed E-state index contributed by atoms with van der Waals surface area (Å²) in [5.74, 6) is 0.962. The van der Waals surface area contributed by atoms with Gasteiger partial charge in [-0.15, -0.1) is 0 Å². The van der Waals surface area contributed by atoms with Gasteiger partial charge < -0.3 is 9.30 Å². The summed E-state index contributed by atoms with van der Waals surface area (Å²) in [5.41, 5.74) is 2.69. The van der Waals surface area contributed by atoms with E-state index in [1.165, 1.54) is 0 Å². The molecular formula is C20H22N4O3S. The Bertz CT molecular complexity index is 1140. The summed E-state index contributed by atoms with van der Waals surface area (Å²) in [4.78, 5) is 18.0. The highest BCUT2D eigenvalue weighted by molar-refractivity contribution is 7.89. The molecule has 0 saturated heterocycles. The zero-order chi connectivity index (χ0) is 19.7. The summed E-state index contributed by atoms with van der Waals surface area (Å²) in [5, 5.41) is 0. The van der Waals surface area contributed by atoms with Gasteiger partial charge in [-0.2, -0.15) is 0 Å². The average molecular weight is 398 g/mol. The third kappa shape index (κ3) is 3.53. The van der Waals surface area contributed by atoms with E-state index < -0.39 is 10.0 Å². The van der Waals surface area contributed by atoms with Crippen molar-refractivity contribution in [2.45, 2.75) is 30.6 Å². The second kappa shape index (κ2) is 7.37. The second-order valence-corrected chi connectivity index (χ2v) is 8.68. The average Bonchev–Trinajstić information content (AvgIpc) is 3.11. The van der Waals surface area contributed by atoms with E-state index in [1.807, 2.05) is 35.0 Å². The number of hydrogen-bond acceptors (Lipinski definition) is 4. The van der Waals surface area contributed by atoms with Gasteiger partial charge in [-0.3, -0.25) is 4.79 Å². The molecule has 0 aliphatic carbocycles. The van der Waals surface area contributed by atoms with Gasteiger partial charge in [0.1, 0.15) is 5.82 Å². The minimum atomic E-state index is -3.59. The molecule has 2 aromatic heterocycles. The maximum atomic E-state index is 12.6. The number of nitrogens with one attached hydrogen (secondary N) is 1. The molecule has 1 N–H and O–H groups in total. The zero-order valence-electron chi connectivity index (χ0n) is 15.6. The SMILES string of the molecule is CN1C(=O)CCc2cc(S(=O)(=O)NCCCc3ncc4ccccn34)ccc21. The smallest absolute Gasteiger partial charge is 0.240 e. The number of benzene rings is 1. The maximum Gasteiger partial charge on any atom is 0.240 e. The van der Waals surface area contributed by atoms with Crippen LogP contribution < -0.4 is 9.62 Å². The van der Waals surface area contributed by atoms with Crippen LogP contribution in [-0.4, -0.2) is 37.3 Å². The highest BCUT2D eigenvalue weighted by atomic mass is 32.2. The monoisotopic (exact) mass is 398 g/mol. The quantitative estimate of drug-likeness (QED) is 0.645. The molecule has 0 radical (unpaired) electrons. The molecule has 0 spiro atoms. The molecule has 0 bridgehead atoms. The summed E-state index contributed by atoms with van der Waals surface area (Å²) in [6, 6.07) is 10.8. The molecule has 3 aromatic rings. The Hall–Kier alpha value is -2.71. The molecule has 7 nitrogen and oxygen atoms in total. The number of sulfonamides is 1. The van der Waals surface area contributed by atoms with Crippen LogP contribution >= 0.6 is 0 Å². The number of amides is 1. The number of anilines is 1. The predicted molar refractivity (Wildman–Crippen MR) is 107 cm³/mol. The van der Waals surface area contributed by atoms with Crippen molar-refractivity contribution in [3.8, 4) is 0 Å². The first kappa shape index (κ1) is 18.6. The second-order valence-electron chi connectivity index (χ2n) is 6.91. The van der Waals surface area contributed by atoms with E-state index in [0.29, 0.717) is 32.2 Å². The van der Waals surface area contributed by atoms with Gasteiger partial charge in [0.15, 0.2) is 0 Å². The minimum absolute atomic E-state index is 0.0488. The normalized spacial score (nSPS) is 14.5. The fourth-order valence-corrected chi connectivity index (χ4v) is 4.65. The predicted octanol–water partition coefficient (Wildman–Crippen LogP) is 2.15. The van der Waals surface area contributed by atoms with Crippen molar-refractivity contribution in [2.75, 3.05) is 18.5 Å². The van der Waals surface area contributed by atoms with Gasteiger partial charge in [0.05, 0.1) is 16.6 Å². The molecule has 0 unspecified atom stereocenters. The van der Waals surface area contributed by atoms with Gasteiger partial charge >= 0.3 is 0 Å². The number of aromatic nitrogens is 2. The number of carbonyl (C=O) groups excluding carboxylic acids is 1. The van der Waals surface area contributed by atoms with Gasteiger partial charge in [0.25, 0.3) is 0 Å². The van der Waals surface area contributed by atoms with Crippen molar-refractivity contribution in [3.63, 3.8) is 0 Å². The van der Waals surface area contributed by atoms with Crippen LogP contribution in [0.2, 0.25) is 0 Å². The Labute approximate surface area is 164 Å². The Morgan fingerprint density at radius 1 is 1.18 bits per heavy atom. The molecular weight excluding hydrogens is 376 g/mol. The third-order valence-electron chi connectivity index (χ3n) is 5.09. The number of rotatable bonds is 6. The van der Waals surface area contributed by atoms with E-state index in [4.69, 9.17) is 0 Å². The largest absolute Gasteiger partial charge is 0.315 e. The highest BCUT2D eigenvalue weighted by Gasteiger charge is 2.23. The standard InChI is InChI=1S/C20H22N4O3S/c1-23-18-9-8-17(13-15(18)7-10-20(23)25)28(26,27)22-11-4-6-19-21-14-16-5-2-3-12-24(16)19/h2-3,5,8-9,12-14,22H,4,6-7,10-11H2,1H3. The minimum Gasteiger partial charge on any atom is -0.315 e. The summed E-state index contributed by atoms with van der Waals surface area (Å²) in [7, 11) is -1.87. The van der Waals surface area contributed by atoms with E-state index in [0.717, 1.165) is 22.6 Å². The van der Waals surface area contributed by atoms with Crippen LogP contribution in [0, 0.1) is 0 Å². The number of nitrogens with zero attached hydrogens (tertiary/aromatic N) is 3. The first-order valence-electron chi connectivity index (χ1n) is 9.26. The molecule has 0 saturated carbocycles. The summed E-state index contributed by atoms with van der Waals surface area (Å²) < 4.78 is 29.9. The molecule has 0 atom stereocenters. The van der Waals surface area contributed by atoms with E-state index in [2.05, 4.69) is 9.71 Å². The Morgan fingerprint density at radius 2 is 2.04 bits per heavy atom. The van der Waals surface area contributed by atoms with Crippen molar-refractivity contribution < 1.29 is 13.2 Å². The highest BCUT2D eigenvalue weighted by Crippen LogP contribution is 2.28. The summed E-state index contributed by atoms with van der Waals surface area (Å²) in [6.45, 7) is 0.333. The van der Waals surface area contributed by atoms with Crippen LogP contribution in [0.4, 0.5) is 5.69 Å². The van der Waals surface area contributed by atoms with Crippen molar-refractivity contribution in [1.82, 2.24) is 14.1 Å². The topological polar surface area (TPSA) is 83.8 Å². The van der Waals surface area contributed by atoms with Crippen molar-refractivity contribution in [3.05, 3.63) is 60.2 Å². The number of hydrogen-bond donors (Lipinski definition) is 1. The first-order valence-corrected chi connectivity index (χ1v) is 10.7. The van der Waals surface area contributed by atoms with Crippen LogP contribution in [0.1, 0.15) is 24.2 Å². The molecule has 146 valence electrons. The molecule has 0 fully saturated rings. The lowest BCUT2D eigenvalue weighted by atomic mass is 10.0. The molecule has 28 heavy (non-hydrogen) atoms. The Morgan fingerprint density at radius 3 is 2.89 bits per heavy atom. The Balaban J connectivity index is 1.40. The third-order valence-corrected chi connectivity index (χ3v) is 6.55. The maximum absolute atomic E-state index is 12.6. The number of imidazole rings is 1. The van der Waals surface area contributed by atoms with Crippen LogP contribution in [0.5, 0.6) is 0 Å². The van der Waals surface area contributed by atoms with Gasteiger partial charge in [0.2, 0.25) is 15.9 Å².